The number of anilines is 2. The van der Waals surface area contributed by atoms with Crippen LogP contribution < -0.4 is 16.4 Å². The first kappa shape index (κ1) is 16.1. The molecule has 4 N–H and O–H groups in total. The Hall–Kier alpha value is -1.28. The first-order chi connectivity index (χ1) is 9.90. The van der Waals surface area contributed by atoms with Crippen molar-refractivity contribution in [2.45, 2.75) is 44.0 Å². The average molecular weight is 331 g/mol. The fraction of sp³-hybridized carbons (Fsp3) is 0.615. The molecule has 0 aromatic carbocycles. The molecule has 0 radical (unpaired) electrons. The summed E-state index contributed by atoms with van der Waals surface area (Å²) in [7, 11) is -3.47. The van der Waals surface area contributed by atoms with Gasteiger partial charge in [-0.25, -0.2) is 8.42 Å². The van der Waals surface area contributed by atoms with Crippen molar-refractivity contribution in [3.63, 3.8) is 0 Å². The Morgan fingerprint density at radius 1 is 1.38 bits per heavy atom. The maximum Gasteiger partial charge on any atom is 0.263 e. The van der Waals surface area contributed by atoms with E-state index in [-0.39, 0.29) is 33.2 Å². The van der Waals surface area contributed by atoms with Gasteiger partial charge in [0.25, 0.3) is 5.91 Å². The Bertz CT molecular complexity index is 633. The predicted molar refractivity (Wildman–Crippen MR) is 85.7 cm³/mol. The Kier molecular flexibility index (Phi) is 4.77. The van der Waals surface area contributed by atoms with Gasteiger partial charge in [0.1, 0.15) is 14.8 Å². The summed E-state index contributed by atoms with van der Waals surface area (Å²) in [6, 6.07) is 0.274. The molecule has 0 saturated heterocycles. The number of carbonyl (C=O) groups excluding carboxylic acids is 1. The van der Waals surface area contributed by atoms with E-state index in [1.54, 1.807) is 13.8 Å². The summed E-state index contributed by atoms with van der Waals surface area (Å²) < 4.78 is 24.6. The molecule has 0 spiro atoms. The van der Waals surface area contributed by atoms with Crippen molar-refractivity contribution < 1.29 is 13.2 Å². The van der Waals surface area contributed by atoms with Gasteiger partial charge in [-0.1, -0.05) is 6.92 Å². The molecule has 1 amide bonds. The van der Waals surface area contributed by atoms with Gasteiger partial charge in [-0.05, 0) is 26.2 Å². The lowest BCUT2D eigenvalue weighted by molar-refractivity contribution is 0.0960. The molecule has 1 aliphatic carbocycles. The van der Waals surface area contributed by atoms with E-state index in [9.17, 15) is 13.2 Å². The van der Waals surface area contributed by atoms with Crippen LogP contribution in [0.4, 0.5) is 10.7 Å². The fourth-order valence-electron chi connectivity index (χ4n) is 2.12. The maximum absolute atomic E-state index is 12.3. The second-order valence-electron chi connectivity index (χ2n) is 5.04. The minimum atomic E-state index is -3.47. The summed E-state index contributed by atoms with van der Waals surface area (Å²) in [5.74, 6) is -0.364. The Balaban J connectivity index is 2.45. The molecule has 1 aromatic rings. The number of amides is 1. The largest absolute Gasteiger partial charge is 0.396 e. The molecule has 0 bridgehead atoms. The van der Waals surface area contributed by atoms with Gasteiger partial charge in [0.05, 0.1) is 11.4 Å². The van der Waals surface area contributed by atoms with Gasteiger partial charge in [-0.3, -0.25) is 4.79 Å². The number of carbonyl (C=O) groups is 1. The van der Waals surface area contributed by atoms with Gasteiger partial charge in [0, 0.05) is 12.6 Å². The quantitative estimate of drug-likeness (QED) is 0.738. The van der Waals surface area contributed by atoms with Crippen LogP contribution in [0.15, 0.2) is 4.90 Å². The highest BCUT2D eigenvalue weighted by Gasteiger charge is 2.30. The summed E-state index contributed by atoms with van der Waals surface area (Å²) in [4.78, 5) is 12.4. The van der Waals surface area contributed by atoms with E-state index >= 15 is 0 Å². The molecule has 1 saturated carbocycles. The normalized spacial score (nSPS) is 15.5. The van der Waals surface area contributed by atoms with Crippen molar-refractivity contribution >= 4 is 37.8 Å². The van der Waals surface area contributed by atoms with Gasteiger partial charge in [-0.2, -0.15) is 0 Å². The summed E-state index contributed by atoms with van der Waals surface area (Å²) in [5.41, 5.74) is 6.03. The zero-order valence-electron chi connectivity index (χ0n) is 12.2. The molecule has 1 aromatic heterocycles. The second-order valence-corrected chi connectivity index (χ2v) is 8.27. The van der Waals surface area contributed by atoms with Gasteiger partial charge in [0.2, 0.25) is 0 Å². The van der Waals surface area contributed by atoms with Crippen molar-refractivity contribution in [1.29, 1.82) is 0 Å². The molecule has 1 heterocycles. The van der Waals surface area contributed by atoms with Gasteiger partial charge in [-0.15, -0.1) is 11.3 Å². The lowest BCUT2D eigenvalue weighted by atomic mass is 9.93. The van der Waals surface area contributed by atoms with Crippen LogP contribution in [0.5, 0.6) is 0 Å². The average Bonchev–Trinajstić information content (AvgIpc) is 2.72. The predicted octanol–water partition coefficient (Wildman–Crippen LogP) is 1.84. The third-order valence-electron chi connectivity index (χ3n) is 3.57. The first-order valence-electron chi connectivity index (χ1n) is 7.10. The van der Waals surface area contributed by atoms with Crippen molar-refractivity contribution in [1.82, 2.24) is 5.32 Å². The van der Waals surface area contributed by atoms with Crippen LogP contribution in [0, 0.1) is 0 Å². The number of hydrogen-bond donors (Lipinski definition) is 3. The molecule has 1 aliphatic rings. The van der Waals surface area contributed by atoms with Gasteiger partial charge < -0.3 is 16.4 Å². The van der Waals surface area contributed by atoms with E-state index in [1.807, 2.05) is 0 Å². The monoisotopic (exact) mass is 331 g/mol. The highest BCUT2D eigenvalue weighted by Crippen LogP contribution is 2.41. The summed E-state index contributed by atoms with van der Waals surface area (Å²) in [6.45, 7) is 3.85. The number of hydrogen-bond acceptors (Lipinski definition) is 6. The number of nitrogen functional groups attached to an aromatic ring is 1. The molecule has 1 fully saturated rings. The van der Waals surface area contributed by atoms with Crippen LogP contribution in [0.25, 0.3) is 0 Å². The number of rotatable bonds is 6. The second kappa shape index (κ2) is 6.23. The lowest BCUT2D eigenvalue weighted by Crippen LogP contribution is -2.27. The number of sulfone groups is 1. The third-order valence-corrected chi connectivity index (χ3v) is 6.65. The van der Waals surface area contributed by atoms with E-state index in [1.165, 1.54) is 0 Å². The summed E-state index contributed by atoms with van der Waals surface area (Å²) in [5, 5.41) is 6.39. The van der Waals surface area contributed by atoms with Crippen LogP contribution >= 0.6 is 11.3 Å². The van der Waals surface area contributed by atoms with Crippen molar-refractivity contribution in [3.05, 3.63) is 4.88 Å². The molecule has 0 atom stereocenters. The zero-order valence-corrected chi connectivity index (χ0v) is 13.9. The fourth-order valence-corrected chi connectivity index (χ4v) is 4.77. The number of nitrogens with one attached hydrogen (secondary N) is 2. The first-order valence-corrected chi connectivity index (χ1v) is 9.57. The molecule has 21 heavy (non-hydrogen) atoms. The molecular weight excluding hydrogens is 310 g/mol. The molecule has 8 heteroatoms. The Morgan fingerprint density at radius 3 is 2.52 bits per heavy atom. The standard InChI is InChI=1S/C13H21N3O3S2/c1-3-15-12(17)10-9(14)11(21(18,19)4-2)13(20-10)16-8-6-5-7-8/h8,16H,3-7,14H2,1-2H3,(H,15,17). The highest BCUT2D eigenvalue weighted by molar-refractivity contribution is 7.92. The SMILES string of the molecule is CCNC(=O)c1sc(NC2CCC2)c(S(=O)(=O)CC)c1N. The van der Waals surface area contributed by atoms with E-state index < -0.39 is 9.84 Å². The Labute approximate surface area is 129 Å². The molecule has 118 valence electrons. The molecular formula is C13H21N3O3S2. The summed E-state index contributed by atoms with van der Waals surface area (Å²) >= 11 is 1.13. The van der Waals surface area contributed by atoms with E-state index in [4.69, 9.17) is 5.73 Å². The van der Waals surface area contributed by atoms with Gasteiger partial charge in [0.15, 0.2) is 9.84 Å². The minimum Gasteiger partial charge on any atom is -0.396 e. The van der Waals surface area contributed by atoms with Crippen LogP contribution in [0.3, 0.4) is 0 Å². The molecule has 0 aliphatic heterocycles. The third kappa shape index (κ3) is 3.16. The van der Waals surface area contributed by atoms with Crippen LogP contribution in [0.1, 0.15) is 42.8 Å². The lowest BCUT2D eigenvalue weighted by Gasteiger charge is -2.27. The van der Waals surface area contributed by atoms with Crippen molar-refractivity contribution in [3.8, 4) is 0 Å². The van der Waals surface area contributed by atoms with Crippen molar-refractivity contribution in [2.24, 2.45) is 0 Å². The zero-order chi connectivity index (χ0) is 15.6. The molecule has 6 nitrogen and oxygen atoms in total. The molecule has 2 rings (SSSR count). The van der Waals surface area contributed by atoms with Gasteiger partial charge >= 0.3 is 0 Å². The van der Waals surface area contributed by atoms with Crippen LogP contribution in [0.2, 0.25) is 0 Å². The smallest absolute Gasteiger partial charge is 0.263 e. The van der Waals surface area contributed by atoms with E-state index in [0.717, 1.165) is 30.6 Å². The highest BCUT2D eigenvalue weighted by atomic mass is 32.2. The van der Waals surface area contributed by atoms with E-state index in [2.05, 4.69) is 10.6 Å². The van der Waals surface area contributed by atoms with Crippen LogP contribution in [-0.2, 0) is 9.84 Å². The summed E-state index contributed by atoms with van der Waals surface area (Å²) in [6.07, 6.45) is 3.16. The number of thiophene rings is 1. The van der Waals surface area contributed by atoms with Crippen LogP contribution in [-0.4, -0.2) is 32.7 Å². The van der Waals surface area contributed by atoms with Crippen molar-refractivity contribution in [2.75, 3.05) is 23.3 Å². The number of nitrogens with two attached hydrogens (primary N) is 1. The minimum absolute atomic E-state index is 0.0396. The Morgan fingerprint density at radius 2 is 2.05 bits per heavy atom. The van der Waals surface area contributed by atoms with E-state index in [0.29, 0.717) is 11.5 Å². The molecule has 0 unspecified atom stereocenters. The maximum atomic E-state index is 12.3. The topological polar surface area (TPSA) is 101 Å².